The van der Waals surface area contributed by atoms with Crippen LogP contribution >= 0.6 is 0 Å². The fourth-order valence-corrected chi connectivity index (χ4v) is 7.79. The average Bonchev–Trinajstić information content (AvgIpc) is 3.23. The molecule has 58 heavy (non-hydrogen) atoms. The molecule has 0 bridgehead atoms. The van der Waals surface area contributed by atoms with E-state index in [0.29, 0.717) is 6.42 Å². The molecule has 2 atom stereocenters. The van der Waals surface area contributed by atoms with Gasteiger partial charge in [-0.2, -0.15) is 0 Å². The standard InChI is InChI=1S/C54H101NO3/c1-3-5-7-9-11-13-15-17-18-19-20-21-22-23-24-25-26-27-28-29-30-31-32-33-34-35-36-38-40-42-44-46-48-50-54(58)55-52(51-56)53(57)49-47-45-43-41-39-37-16-14-12-10-8-6-4-2/h12,14,19-20,39,41,47,49,52-53,56-57H,3-11,13,15-18,21-38,40,42-46,48,50-51H2,1-2H3,(H,55,58)/b14-12+,20-19-,41-39+,49-47+. The summed E-state index contributed by atoms with van der Waals surface area (Å²) in [6.07, 6.45) is 68.4. The molecule has 0 aromatic heterocycles. The first-order valence-corrected chi connectivity index (χ1v) is 25.9. The van der Waals surface area contributed by atoms with Gasteiger partial charge in [-0.15, -0.1) is 0 Å². The van der Waals surface area contributed by atoms with Crippen molar-refractivity contribution in [3.8, 4) is 0 Å². The molecule has 0 rings (SSSR count). The molecule has 0 fully saturated rings. The number of amides is 1. The van der Waals surface area contributed by atoms with Crippen LogP contribution in [0.4, 0.5) is 0 Å². The number of hydrogen-bond donors (Lipinski definition) is 3. The molecule has 0 aliphatic rings. The van der Waals surface area contributed by atoms with Gasteiger partial charge in [0.1, 0.15) is 0 Å². The minimum atomic E-state index is -0.868. The highest BCUT2D eigenvalue weighted by molar-refractivity contribution is 5.76. The van der Waals surface area contributed by atoms with Crippen LogP contribution in [0.3, 0.4) is 0 Å². The number of carbonyl (C=O) groups is 1. The van der Waals surface area contributed by atoms with E-state index >= 15 is 0 Å². The average molecular weight is 812 g/mol. The summed E-state index contributed by atoms with van der Waals surface area (Å²) in [5, 5.41) is 23.0. The second-order valence-electron chi connectivity index (χ2n) is 17.6. The lowest BCUT2D eigenvalue weighted by Crippen LogP contribution is -2.45. The van der Waals surface area contributed by atoms with Crippen molar-refractivity contribution < 1.29 is 15.0 Å². The Balaban J connectivity index is 3.44. The van der Waals surface area contributed by atoms with Crippen molar-refractivity contribution in [2.45, 2.75) is 283 Å². The number of rotatable bonds is 47. The van der Waals surface area contributed by atoms with Crippen molar-refractivity contribution in [1.29, 1.82) is 0 Å². The smallest absolute Gasteiger partial charge is 0.220 e. The Morgan fingerprint density at radius 1 is 0.397 bits per heavy atom. The zero-order valence-electron chi connectivity index (χ0n) is 39.1. The number of carbonyl (C=O) groups excluding carboxylic acids is 1. The third-order valence-electron chi connectivity index (χ3n) is 11.8. The summed E-state index contributed by atoms with van der Waals surface area (Å²) in [7, 11) is 0. The fourth-order valence-electron chi connectivity index (χ4n) is 7.79. The van der Waals surface area contributed by atoms with E-state index in [2.05, 4.69) is 55.6 Å². The fraction of sp³-hybridized carbons (Fsp3) is 0.833. The van der Waals surface area contributed by atoms with Crippen molar-refractivity contribution in [1.82, 2.24) is 5.32 Å². The van der Waals surface area contributed by atoms with E-state index in [0.717, 1.165) is 38.5 Å². The molecule has 4 nitrogen and oxygen atoms in total. The van der Waals surface area contributed by atoms with Gasteiger partial charge >= 0.3 is 0 Å². The molecule has 340 valence electrons. The molecule has 0 saturated heterocycles. The molecule has 0 aromatic rings. The molecular weight excluding hydrogens is 711 g/mol. The van der Waals surface area contributed by atoms with Gasteiger partial charge < -0.3 is 15.5 Å². The Labute approximate surface area is 363 Å². The van der Waals surface area contributed by atoms with Crippen LogP contribution in [0.1, 0.15) is 271 Å². The van der Waals surface area contributed by atoms with Crippen molar-refractivity contribution in [2.24, 2.45) is 0 Å². The molecule has 4 heteroatoms. The predicted molar refractivity (Wildman–Crippen MR) is 258 cm³/mol. The number of allylic oxidation sites excluding steroid dienone is 7. The maximum Gasteiger partial charge on any atom is 0.220 e. The van der Waals surface area contributed by atoms with Crippen molar-refractivity contribution >= 4 is 5.91 Å². The van der Waals surface area contributed by atoms with E-state index in [4.69, 9.17) is 0 Å². The Morgan fingerprint density at radius 3 is 1.03 bits per heavy atom. The highest BCUT2D eigenvalue weighted by Crippen LogP contribution is 2.16. The quantitative estimate of drug-likeness (QED) is 0.0423. The van der Waals surface area contributed by atoms with E-state index in [9.17, 15) is 15.0 Å². The second-order valence-corrected chi connectivity index (χ2v) is 17.6. The van der Waals surface area contributed by atoms with Gasteiger partial charge in [-0.3, -0.25) is 4.79 Å². The molecule has 2 unspecified atom stereocenters. The summed E-state index contributed by atoms with van der Waals surface area (Å²) < 4.78 is 0. The highest BCUT2D eigenvalue weighted by Gasteiger charge is 2.17. The lowest BCUT2D eigenvalue weighted by Gasteiger charge is -2.19. The molecule has 0 aliphatic carbocycles. The maximum atomic E-state index is 12.4. The largest absolute Gasteiger partial charge is 0.394 e. The number of aliphatic hydroxyl groups excluding tert-OH is 2. The van der Waals surface area contributed by atoms with Crippen LogP contribution in [-0.4, -0.2) is 34.9 Å². The summed E-state index contributed by atoms with van der Waals surface area (Å²) >= 11 is 0. The highest BCUT2D eigenvalue weighted by atomic mass is 16.3. The Hall–Kier alpha value is -1.65. The normalized spacial score (nSPS) is 13.2. The first kappa shape index (κ1) is 56.4. The summed E-state index contributed by atoms with van der Waals surface area (Å²) in [6, 6.07) is -0.643. The van der Waals surface area contributed by atoms with Crippen molar-refractivity contribution in [2.75, 3.05) is 6.61 Å². The van der Waals surface area contributed by atoms with E-state index in [1.54, 1.807) is 6.08 Å². The molecule has 3 N–H and O–H groups in total. The topological polar surface area (TPSA) is 69.6 Å². The van der Waals surface area contributed by atoms with Crippen LogP contribution in [0.15, 0.2) is 48.6 Å². The van der Waals surface area contributed by atoms with Crippen LogP contribution < -0.4 is 5.32 Å². The van der Waals surface area contributed by atoms with Gasteiger partial charge in [0.25, 0.3) is 0 Å². The summed E-state index contributed by atoms with van der Waals surface area (Å²) in [5.74, 6) is -0.0760. The predicted octanol–water partition coefficient (Wildman–Crippen LogP) is 16.7. The molecule has 0 heterocycles. The molecule has 0 spiro atoms. The first-order valence-electron chi connectivity index (χ1n) is 25.9. The number of aliphatic hydroxyl groups is 2. The zero-order valence-corrected chi connectivity index (χ0v) is 39.1. The lowest BCUT2D eigenvalue weighted by molar-refractivity contribution is -0.123. The minimum absolute atomic E-state index is 0.0760. The molecule has 0 aliphatic heterocycles. The Kier molecular flexibility index (Phi) is 48.3. The van der Waals surface area contributed by atoms with Crippen LogP contribution in [0.25, 0.3) is 0 Å². The maximum absolute atomic E-state index is 12.4. The van der Waals surface area contributed by atoms with E-state index in [-0.39, 0.29) is 12.5 Å². The molecule has 0 radical (unpaired) electrons. The Morgan fingerprint density at radius 2 is 0.672 bits per heavy atom. The lowest BCUT2D eigenvalue weighted by atomic mass is 10.0. The third kappa shape index (κ3) is 45.4. The van der Waals surface area contributed by atoms with Crippen LogP contribution in [-0.2, 0) is 4.79 Å². The number of unbranched alkanes of at least 4 members (excludes halogenated alkanes) is 34. The Bertz CT molecular complexity index is 923. The van der Waals surface area contributed by atoms with Gasteiger partial charge in [0.2, 0.25) is 5.91 Å². The van der Waals surface area contributed by atoms with Gasteiger partial charge in [0, 0.05) is 6.42 Å². The summed E-state index contributed by atoms with van der Waals surface area (Å²) in [5.41, 5.74) is 0. The molecule has 0 aromatic carbocycles. The van der Waals surface area contributed by atoms with Gasteiger partial charge in [-0.25, -0.2) is 0 Å². The second kappa shape index (κ2) is 49.7. The number of hydrogen-bond acceptors (Lipinski definition) is 3. The van der Waals surface area contributed by atoms with Gasteiger partial charge in [0.15, 0.2) is 0 Å². The zero-order chi connectivity index (χ0) is 42.1. The van der Waals surface area contributed by atoms with Gasteiger partial charge in [-0.05, 0) is 70.6 Å². The minimum Gasteiger partial charge on any atom is -0.394 e. The monoisotopic (exact) mass is 812 g/mol. The van der Waals surface area contributed by atoms with Gasteiger partial charge in [0.05, 0.1) is 18.8 Å². The summed E-state index contributed by atoms with van der Waals surface area (Å²) in [6.45, 7) is 4.27. The van der Waals surface area contributed by atoms with E-state index in [1.165, 1.54) is 212 Å². The van der Waals surface area contributed by atoms with E-state index < -0.39 is 12.1 Å². The summed E-state index contributed by atoms with van der Waals surface area (Å²) in [4.78, 5) is 12.4. The van der Waals surface area contributed by atoms with E-state index in [1.807, 2.05) is 6.08 Å². The first-order chi connectivity index (χ1) is 28.7. The van der Waals surface area contributed by atoms with Crippen molar-refractivity contribution in [3.05, 3.63) is 48.6 Å². The molecule has 0 saturated carbocycles. The van der Waals surface area contributed by atoms with Crippen LogP contribution in [0.5, 0.6) is 0 Å². The number of nitrogens with one attached hydrogen (secondary N) is 1. The molecule has 1 amide bonds. The molecular formula is C54H101NO3. The third-order valence-corrected chi connectivity index (χ3v) is 11.8. The van der Waals surface area contributed by atoms with Crippen LogP contribution in [0, 0.1) is 0 Å². The SMILES string of the molecule is CCCCC/C=C/CC/C=C/CC/C=C/C(O)C(CO)NC(=O)CCCCCCCCCCCCCCCCCCCCCCC/C=C\CCCCCCCCCC. The van der Waals surface area contributed by atoms with Crippen LogP contribution in [0.2, 0.25) is 0 Å². The van der Waals surface area contributed by atoms with Crippen molar-refractivity contribution in [3.63, 3.8) is 0 Å². The van der Waals surface area contributed by atoms with Gasteiger partial charge in [-0.1, -0.05) is 242 Å².